The molecule has 4 N–H and O–H groups in total. The molecule has 0 unspecified atom stereocenters. The van der Waals surface area contributed by atoms with E-state index in [1.54, 1.807) is 18.2 Å². The summed E-state index contributed by atoms with van der Waals surface area (Å²) >= 11 is 5.79. The molecular formula is C10H10ClN3O2. The lowest BCUT2D eigenvalue weighted by Crippen LogP contribution is -2.18. The molecule has 1 aromatic carbocycles. The molecule has 0 amide bonds. The molecule has 0 aliphatic rings. The minimum absolute atomic E-state index is 0.504. The van der Waals surface area contributed by atoms with Crippen molar-refractivity contribution in [2.45, 2.75) is 0 Å². The van der Waals surface area contributed by atoms with Crippen LogP contribution in [-0.4, -0.2) is 17.4 Å². The summed E-state index contributed by atoms with van der Waals surface area (Å²) in [6.07, 6.45) is 3.72. The second-order valence-electron chi connectivity index (χ2n) is 2.80. The third-order valence-electron chi connectivity index (χ3n) is 1.67. The number of carboxylic acid groups (broad SMARTS) is 1. The van der Waals surface area contributed by atoms with Gasteiger partial charge in [-0.1, -0.05) is 11.6 Å². The van der Waals surface area contributed by atoms with Crippen LogP contribution in [0, 0.1) is 0 Å². The summed E-state index contributed by atoms with van der Waals surface area (Å²) < 4.78 is 0. The molecule has 0 saturated heterocycles. The smallest absolute Gasteiger partial charge is 0.328 e. The van der Waals surface area contributed by atoms with E-state index in [4.69, 9.17) is 22.6 Å². The summed E-state index contributed by atoms with van der Waals surface area (Å²) in [5.41, 5.74) is 3.43. The van der Waals surface area contributed by atoms with E-state index in [-0.39, 0.29) is 0 Å². The zero-order valence-corrected chi connectivity index (χ0v) is 8.98. The standard InChI is InChI=1S/C10H10ClN3O2/c11-8-2-3-9(13-6-14-12)7(5-8)1-4-10(15)16/h1-6H,12H2,(H,13,14)(H,15,16). The molecule has 6 heteroatoms. The van der Waals surface area contributed by atoms with Gasteiger partial charge < -0.3 is 10.5 Å². The Morgan fingerprint density at radius 3 is 2.94 bits per heavy atom. The Morgan fingerprint density at radius 1 is 1.56 bits per heavy atom. The predicted molar refractivity (Wildman–Crippen MR) is 63.6 cm³/mol. The highest BCUT2D eigenvalue weighted by atomic mass is 35.5. The Morgan fingerprint density at radius 2 is 2.31 bits per heavy atom. The summed E-state index contributed by atoms with van der Waals surface area (Å²) in [4.78, 5) is 14.4. The Hall–Kier alpha value is -1.85. The number of rotatable bonds is 4. The van der Waals surface area contributed by atoms with Crippen molar-refractivity contribution in [2.24, 2.45) is 10.8 Å². The van der Waals surface area contributed by atoms with Crippen molar-refractivity contribution in [3.63, 3.8) is 0 Å². The minimum Gasteiger partial charge on any atom is -0.478 e. The minimum atomic E-state index is -1.04. The molecule has 84 valence electrons. The van der Waals surface area contributed by atoms with E-state index < -0.39 is 5.97 Å². The molecule has 0 spiro atoms. The molecule has 0 radical (unpaired) electrons. The molecule has 1 rings (SSSR count). The number of carboxylic acids is 1. The molecule has 0 aromatic heterocycles. The van der Waals surface area contributed by atoms with Gasteiger partial charge in [-0.3, -0.25) is 0 Å². The predicted octanol–water partition coefficient (Wildman–Crippen LogP) is 1.56. The Kier molecular flexibility index (Phi) is 4.50. The third-order valence-corrected chi connectivity index (χ3v) is 1.91. The number of nitrogens with one attached hydrogen (secondary N) is 1. The third kappa shape index (κ3) is 3.72. The summed E-state index contributed by atoms with van der Waals surface area (Å²) in [7, 11) is 0. The Balaban J connectivity index is 3.07. The van der Waals surface area contributed by atoms with Gasteiger partial charge in [-0.15, -0.1) is 0 Å². The molecular weight excluding hydrogens is 230 g/mol. The monoisotopic (exact) mass is 239 g/mol. The quantitative estimate of drug-likeness (QED) is 0.245. The van der Waals surface area contributed by atoms with Crippen LogP contribution >= 0.6 is 11.6 Å². The first-order chi connectivity index (χ1) is 7.63. The number of carbonyl (C=O) groups is 1. The summed E-state index contributed by atoms with van der Waals surface area (Å²) in [6.45, 7) is 0. The fraction of sp³-hybridized carbons (Fsp3) is 0. The molecule has 0 atom stereocenters. The number of benzene rings is 1. The number of nitrogens with zero attached hydrogens (tertiary/aromatic N) is 1. The lowest BCUT2D eigenvalue weighted by Gasteiger charge is -2.00. The molecule has 16 heavy (non-hydrogen) atoms. The van der Waals surface area contributed by atoms with E-state index in [1.165, 1.54) is 12.4 Å². The van der Waals surface area contributed by atoms with E-state index in [9.17, 15) is 4.79 Å². The molecule has 0 bridgehead atoms. The SMILES string of the molecule is NNC=Nc1ccc(Cl)cc1C=CC(=O)O. The average Bonchev–Trinajstić information content (AvgIpc) is 2.25. The van der Waals surface area contributed by atoms with Gasteiger partial charge in [0.2, 0.25) is 0 Å². The van der Waals surface area contributed by atoms with Gasteiger partial charge >= 0.3 is 5.97 Å². The topological polar surface area (TPSA) is 87.7 Å². The number of halogens is 1. The van der Waals surface area contributed by atoms with Gasteiger partial charge in [0.1, 0.15) is 6.34 Å². The maximum Gasteiger partial charge on any atom is 0.328 e. The fourth-order valence-corrected chi connectivity index (χ4v) is 1.22. The number of nitrogens with two attached hydrogens (primary N) is 1. The molecule has 0 heterocycles. The van der Waals surface area contributed by atoms with E-state index in [1.807, 2.05) is 0 Å². The van der Waals surface area contributed by atoms with Gasteiger partial charge in [0.05, 0.1) is 5.69 Å². The van der Waals surface area contributed by atoms with Crippen LogP contribution in [0.4, 0.5) is 5.69 Å². The van der Waals surface area contributed by atoms with Crippen LogP contribution in [0.2, 0.25) is 5.02 Å². The molecule has 0 fully saturated rings. The van der Waals surface area contributed by atoms with E-state index in [0.29, 0.717) is 16.3 Å². The zero-order chi connectivity index (χ0) is 12.0. The molecule has 0 aliphatic heterocycles. The second-order valence-corrected chi connectivity index (χ2v) is 3.24. The summed E-state index contributed by atoms with van der Waals surface area (Å²) in [5.74, 6) is 4.01. The van der Waals surface area contributed by atoms with Gasteiger partial charge in [-0.2, -0.15) is 0 Å². The molecule has 5 nitrogen and oxygen atoms in total. The van der Waals surface area contributed by atoms with Crippen molar-refractivity contribution < 1.29 is 9.90 Å². The number of hydrogen-bond donors (Lipinski definition) is 3. The number of hydrogen-bond acceptors (Lipinski definition) is 3. The number of aliphatic imine (C=N–C) groups is 1. The van der Waals surface area contributed by atoms with Crippen molar-refractivity contribution in [3.05, 3.63) is 34.9 Å². The van der Waals surface area contributed by atoms with Gasteiger partial charge in [-0.25, -0.2) is 15.6 Å². The number of hydrazine groups is 1. The van der Waals surface area contributed by atoms with Gasteiger partial charge in [0.25, 0.3) is 0 Å². The molecule has 0 saturated carbocycles. The maximum absolute atomic E-state index is 10.4. The first-order valence-corrected chi connectivity index (χ1v) is 4.70. The molecule has 1 aromatic rings. The van der Waals surface area contributed by atoms with Crippen LogP contribution in [0.5, 0.6) is 0 Å². The summed E-state index contributed by atoms with van der Waals surface area (Å²) in [5, 5.41) is 9.02. The van der Waals surface area contributed by atoms with Gasteiger partial charge in [0, 0.05) is 16.7 Å². The van der Waals surface area contributed by atoms with Crippen molar-refractivity contribution in [1.29, 1.82) is 0 Å². The zero-order valence-electron chi connectivity index (χ0n) is 8.22. The lowest BCUT2D eigenvalue weighted by molar-refractivity contribution is -0.131. The van der Waals surface area contributed by atoms with E-state index in [0.717, 1.165) is 6.08 Å². The van der Waals surface area contributed by atoms with Crippen LogP contribution < -0.4 is 11.3 Å². The lowest BCUT2D eigenvalue weighted by atomic mass is 10.1. The maximum atomic E-state index is 10.4. The average molecular weight is 240 g/mol. The van der Waals surface area contributed by atoms with E-state index in [2.05, 4.69) is 10.4 Å². The van der Waals surface area contributed by atoms with Gasteiger partial charge in [-0.05, 0) is 24.3 Å². The van der Waals surface area contributed by atoms with Crippen molar-refractivity contribution >= 4 is 35.7 Å². The second kappa shape index (κ2) is 5.89. The van der Waals surface area contributed by atoms with Crippen LogP contribution in [0.3, 0.4) is 0 Å². The highest BCUT2D eigenvalue weighted by Crippen LogP contribution is 2.24. The van der Waals surface area contributed by atoms with Crippen LogP contribution in [0.1, 0.15) is 5.56 Å². The van der Waals surface area contributed by atoms with Crippen molar-refractivity contribution in [3.8, 4) is 0 Å². The first kappa shape index (κ1) is 12.2. The van der Waals surface area contributed by atoms with Crippen LogP contribution in [0.15, 0.2) is 29.3 Å². The molecule has 0 aliphatic carbocycles. The highest BCUT2D eigenvalue weighted by Gasteiger charge is 1.99. The van der Waals surface area contributed by atoms with E-state index >= 15 is 0 Å². The van der Waals surface area contributed by atoms with Crippen molar-refractivity contribution in [1.82, 2.24) is 5.43 Å². The summed E-state index contributed by atoms with van der Waals surface area (Å²) in [6, 6.07) is 4.94. The van der Waals surface area contributed by atoms with Crippen LogP contribution in [0.25, 0.3) is 6.08 Å². The normalized spacial score (nSPS) is 11.1. The Labute approximate surface area is 97.2 Å². The largest absolute Gasteiger partial charge is 0.478 e. The number of aliphatic carboxylic acids is 1. The Bertz CT molecular complexity index is 444. The van der Waals surface area contributed by atoms with Crippen molar-refractivity contribution in [2.75, 3.05) is 0 Å². The first-order valence-electron chi connectivity index (χ1n) is 4.32. The van der Waals surface area contributed by atoms with Crippen LogP contribution in [-0.2, 0) is 4.79 Å². The highest BCUT2D eigenvalue weighted by molar-refractivity contribution is 6.30. The van der Waals surface area contributed by atoms with Gasteiger partial charge in [0.15, 0.2) is 0 Å². The fourth-order valence-electron chi connectivity index (χ4n) is 1.04.